The van der Waals surface area contributed by atoms with E-state index in [1.807, 2.05) is 0 Å². The van der Waals surface area contributed by atoms with Gasteiger partial charge in [0.15, 0.2) is 5.54 Å². The highest BCUT2D eigenvalue weighted by molar-refractivity contribution is 6.32. The van der Waals surface area contributed by atoms with Crippen molar-refractivity contribution in [2.45, 2.75) is 24.6 Å². The van der Waals surface area contributed by atoms with Crippen LogP contribution in [-0.2, 0) is 16.5 Å². The van der Waals surface area contributed by atoms with Crippen molar-refractivity contribution >= 4 is 29.2 Å². The molecule has 2 heterocycles. The molecule has 2 aromatic rings. The number of carbonyl (C=O) groups is 1. The van der Waals surface area contributed by atoms with E-state index in [0.717, 1.165) is 25.1 Å². The summed E-state index contributed by atoms with van der Waals surface area (Å²) in [5, 5.41) is 1.53. The number of nitrogens with two attached hydrogens (primary N) is 1. The first-order valence-electron chi connectivity index (χ1n) is 9.04. The van der Waals surface area contributed by atoms with Crippen LogP contribution in [0.3, 0.4) is 0 Å². The van der Waals surface area contributed by atoms with E-state index in [1.165, 1.54) is 0 Å². The number of aromatic nitrogens is 1. The smallest absolute Gasteiger partial charge is 0.389 e. The van der Waals surface area contributed by atoms with E-state index in [1.54, 1.807) is 0 Å². The molecule has 14 heteroatoms. The second-order valence-corrected chi connectivity index (χ2v) is 7.50. The van der Waals surface area contributed by atoms with Gasteiger partial charge in [-0.3, -0.25) is 10.3 Å². The normalized spacial score (nSPS) is 20.5. The molecule has 0 bridgehead atoms. The van der Waals surface area contributed by atoms with Crippen LogP contribution in [0.15, 0.2) is 35.5 Å². The van der Waals surface area contributed by atoms with Gasteiger partial charge in [0, 0.05) is 17.4 Å². The average molecular weight is 497 g/mol. The lowest BCUT2D eigenvalue weighted by Crippen LogP contribution is -2.45. The maximum Gasteiger partial charge on any atom is 0.418 e. The standard InChI is InChI=1S/C19H15ClF6N4O3/c1-17(18(22,23)8-32-7-14(27)30-17)11-5-10(2-3-13(11)21)29-16(31)33-15-12(20)4-9(6-28-15)19(24,25)26/h2-6H,7-8H2,1H3,(H2,27,30)(H,29,31)/t17-/m1/s1. The fourth-order valence-corrected chi connectivity index (χ4v) is 3.15. The minimum atomic E-state index is -4.71. The van der Waals surface area contributed by atoms with Gasteiger partial charge in [-0.15, -0.1) is 0 Å². The van der Waals surface area contributed by atoms with Gasteiger partial charge in [-0.1, -0.05) is 11.6 Å². The molecule has 1 aromatic heterocycles. The van der Waals surface area contributed by atoms with Crippen molar-refractivity contribution in [2.24, 2.45) is 10.7 Å². The third-order valence-corrected chi connectivity index (χ3v) is 4.94. The zero-order valence-electron chi connectivity index (χ0n) is 16.6. The Bertz CT molecular complexity index is 1110. The third-order valence-electron chi connectivity index (χ3n) is 4.67. The molecule has 3 rings (SSSR count). The van der Waals surface area contributed by atoms with Gasteiger partial charge in [0.1, 0.15) is 29.9 Å². The first-order valence-corrected chi connectivity index (χ1v) is 9.42. The molecule has 1 aliphatic heterocycles. The number of halogens is 7. The number of hydrogen-bond donors (Lipinski definition) is 2. The summed E-state index contributed by atoms with van der Waals surface area (Å²) in [4.78, 5) is 19.2. The largest absolute Gasteiger partial charge is 0.418 e. The average Bonchev–Trinajstić information content (AvgIpc) is 2.79. The van der Waals surface area contributed by atoms with Crippen molar-refractivity contribution in [3.8, 4) is 5.88 Å². The molecule has 0 spiro atoms. The van der Waals surface area contributed by atoms with Crippen molar-refractivity contribution in [3.05, 3.63) is 52.4 Å². The molecule has 0 fully saturated rings. The predicted octanol–water partition coefficient (Wildman–Crippen LogP) is 4.74. The maximum absolute atomic E-state index is 14.7. The van der Waals surface area contributed by atoms with Gasteiger partial charge in [-0.2, -0.15) is 13.2 Å². The topological polar surface area (TPSA) is 98.8 Å². The van der Waals surface area contributed by atoms with Crippen LogP contribution in [0, 0.1) is 5.82 Å². The Hall–Kier alpha value is -3.06. The molecule has 3 N–H and O–H groups in total. The minimum absolute atomic E-state index is 0.185. The van der Waals surface area contributed by atoms with Crippen LogP contribution in [0.25, 0.3) is 0 Å². The Kier molecular flexibility index (Phi) is 6.48. The van der Waals surface area contributed by atoms with Crippen molar-refractivity contribution in [1.29, 1.82) is 0 Å². The number of amides is 1. The summed E-state index contributed by atoms with van der Waals surface area (Å²) in [7, 11) is 0. The van der Waals surface area contributed by atoms with Crippen LogP contribution in [0.1, 0.15) is 18.1 Å². The second kappa shape index (κ2) is 8.71. The van der Waals surface area contributed by atoms with Gasteiger partial charge >= 0.3 is 12.3 Å². The highest BCUT2D eigenvalue weighted by atomic mass is 35.5. The number of pyridine rings is 1. The number of nitrogens with zero attached hydrogens (tertiary/aromatic N) is 2. The van der Waals surface area contributed by atoms with Gasteiger partial charge < -0.3 is 15.2 Å². The lowest BCUT2D eigenvalue weighted by molar-refractivity contribution is -0.137. The molecule has 1 atom stereocenters. The molecule has 0 saturated carbocycles. The highest BCUT2D eigenvalue weighted by Gasteiger charge is 2.54. The van der Waals surface area contributed by atoms with Gasteiger partial charge in [-0.05, 0) is 31.2 Å². The van der Waals surface area contributed by atoms with Crippen LogP contribution >= 0.6 is 11.6 Å². The maximum atomic E-state index is 14.7. The number of benzene rings is 1. The number of rotatable bonds is 3. The molecule has 1 aliphatic rings. The summed E-state index contributed by atoms with van der Waals surface area (Å²) in [5.74, 6) is -5.63. The number of carbonyl (C=O) groups excluding carboxylic acids is 1. The van der Waals surface area contributed by atoms with Crippen LogP contribution in [-0.4, -0.2) is 36.0 Å². The van der Waals surface area contributed by atoms with Crippen molar-refractivity contribution in [3.63, 3.8) is 0 Å². The van der Waals surface area contributed by atoms with E-state index in [4.69, 9.17) is 26.8 Å². The van der Waals surface area contributed by atoms with Crippen LogP contribution in [0.5, 0.6) is 5.88 Å². The molecular formula is C19H15ClF6N4O3. The number of aliphatic imine (C=N–C) groups is 1. The first-order chi connectivity index (χ1) is 15.2. The van der Waals surface area contributed by atoms with Crippen molar-refractivity contribution in [2.75, 3.05) is 18.5 Å². The Balaban J connectivity index is 1.86. The summed E-state index contributed by atoms with van der Waals surface area (Å²) >= 11 is 5.67. The number of hydrogen-bond acceptors (Lipinski definition) is 6. The Morgan fingerprint density at radius 3 is 2.64 bits per heavy atom. The molecule has 33 heavy (non-hydrogen) atoms. The molecule has 0 unspecified atom stereocenters. The lowest BCUT2D eigenvalue weighted by atomic mass is 9.85. The molecule has 7 nitrogen and oxygen atoms in total. The number of anilines is 1. The Morgan fingerprint density at radius 2 is 2.00 bits per heavy atom. The number of alkyl halides is 5. The predicted molar refractivity (Wildman–Crippen MR) is 105 cm³/mol. The molecule has 1 aromatic carbocycles. The van der Waals surface area contributed by atoms with Gasteiger partial charge in [0.05, 0.1) is 5.56 Å². The fraction of sp³-hybridized carbons (Fsp3) is 0.316. The van der Waals surface area contributed by atoms with E-state index in [0.29, 0.717) is 12.3 Å². The summed E-state index contributed by atoms with van der Waals surface area (Å²) in [6.45, 7) is -0.496. The van der Waals surface area contributed by atoms with E-state index in [9.17, 15) is 31.1 Å². The number of amidine groups is 1. The Morgan fingerprint density at radius 1 is 1.30 bits per heavy atom. The first kappa shape index (κ1) is 24.6. The van der Waals surface area contributed by atoms with Gasteiger partial charge in [0.25, 0.3) is 5.92 Å². The summed E-state index contributed by atoms with van der Waals surface area (Å²) in [6.07, 6.45) is -5.58. The van der Waals surface area contributed by atoms with Crippen LogP contribution in [0.4, 0.5) is 36.8 Å². The summed E-state index contributed by atoms with van der Waals surface area (Å²) in [5.41, 5.74) is 1.16. The molecular weight excluding hydrogens is 482 g/mol. The van der Waals surface area contributed by atoms with E-state index < -0.39 is 58.2 Å². The summed E-state index contributed by atoms with van der Waals surface area (Å²) < 4.78 is 91.6. The molecule has 178 valence electrons. The van der Waals surface area contributed by atoms with Crippen molar-refractivity contribution < 1.29 is 40.6 Å². The van der Waals surface area contributed by atoms with Crippen LogP contribution < -0.4 is 15.8 Å². The van der Waals surface area contributed by atoms with E-state index in [-0.39, 0.29) is 18.1 Å². The van der Waals surface area contributed by atoms with Gasteiger partial charge in [0.2, 0.25) is 5.88 Å². The second-order valence-electron chi connectivity index (χ2n) is 7.09. The number of nitrogens with one attached hydrogen (secondary N) is 1. The molecule has 0 saturated heterocycles. The van der Waals surface area contributed by atoms with E-state index >= 15 is 0 Å². The lowest BCUT2D eigenvalue weighted by Gasteiger charge is -2.33. The quantitative estimate of drug-likeness (QED) is 0.598. The van der Waals surface area contributed by atoms with Crippen molar-refractivity contribution in [1.82, 2.24) is 4.98 Å². The summed E-state index contributed by atoms with van der Waals surface area (Å²) in [6, 6.07) is 3.26. The third kappa shape index (κ3) is 5.14. The molecule has 1 amide bonds. The number of ether oxygens (including phenoxy) is 2. The molecule has 0 aliphatic carbocycles. The fourth-order valence-electron chi connectivity index (χ4n) is 2.95. The highest BCUT2D eigenvalue weighted by Crippen LogP contribution is 2.44. The van der Waals surface area contributed by atoms with E-state index in [2.05, 4.69) is 15.3 Å². The van der Waals surface area contributed by atoms with Crippen LogP contribution in [0.2, 0.25) is 5.02 Å². The zero-order chi connectivity index (χ0) is 24.6. The van der Waals surface area contributed by atoms with Gasteiger partial charge in [-0.25, -0.2) is 22.9 Å². The Labute approximate surface area is 187 Å². The zero-order valence-corrected chi connectivity index (χ0v) is 17.4. The minimum Gasteiger partial charge on any atom is -0.389 e. The monoisotopic (exact) mass is 496 g/mol. The molecule has 0 radical (unpaired) electrons. The SMILES string of the molecule is C[C@]1(c2cc(NC(=O)Oc3ncc(C(F)(F)F)cc3Cl)ccc2F)N=C(N)COCC1(F)F.